The highest BCUT2D eigenvalue weighted by atomic mass is 35.5. The van der Waals surface area contributed by atoms with Crippen LogP contribution in [-0.2, 0) is 10.0 Å². The predicted octanol–water partition coefficient (Wildman–Crippen LogP) is 2.15. The number of nitrogens with zero attached hydrogens (tertiary/aromatic N) is 3. The Hall–Kier alpha value is -2.23. The highest BCUT2D eigenvalue weighted by Crippen LogP contribution is 2.19. The summed E-state index contributed by atoms with van der Waals surface area (Å²) in [6.07, 6.45) is 1.93. The van der Waals surface area contributed by atoms with Gasteiger partial charge in [0, 0.05) is 38.9 Å². The number of halogens is 2. The van der Waals surface area contributed by atoms with Crippen molar-refractivity contribution < 1.29 is 17.6 Å². The zero-order valence-corrected chi connectivity index (χ0v) is 17.3. The first-order chi connectivity index (χ1) is 13.9. The second-order valence-corrected chi connectivity index (χ2v) is 9.09. The first kappa shape index (κ1) is 21.5. The van der Waals surface area contributed by atoms with Gasteiger partial charge in [-0.3, -0.25) is 4.79 Å². The van der Waals surface area contributed by atoms with Gasteiger partial charge in [-0.15, -0.1) is 0 Å². The number of rotatable bonds is 7. The van der Waals surface area contributed by atoms with Crippen LogP contribution in [0.4, 0.5) is 10.2 Å². The molecule has 0 aliphatic carbocycles. The van der Waals surface area contributed by atoms with Crippen molar-refractivity contribution >= 4 is 33.3 Å². The third-order valence-electron chi connectivity index (χ3n) is 4.66. The molecule has 0 spiro atoms. The number of carbonyl (C=O) groups excluding carboxylic acids is 1. The molecule has 7 nitrogen and oxygen atoms in total. The number of hydrogen-bond donors (Lipinski definition) is 1. The molecule has 1 aromatic heterocycles. The highest BCUT2D eigenvalue weighted by molar-refractivity contribution is 7.89. The first-order valence-electron chi connectivity index (χ1n) is 9.24. The predicted molar refractivity (Wildman–Crippen MR) is 110 cm³/mol. The summed E-state index contributed by atoms with van der Waals surface area (Å²) in [6.45, 7) is 2.01. The maximum Gasteiger partial charge on any atom is 0.255 e. The maximum absolute atomic E-state index is 13.7. The fourth-order valence-corrected chi connectivity index (χ4v) is 4.86. The molecule has 1 saturated heterocycles. The number of carbonyl (C=O) groups is 1. The molecule has 2 heterocycles. The molecule has 29 heavy (non-hydrogen) atoms. The summed E-state index contributed by atoms with van der Waals surface area (Å²) in [6, 6.07) is 9.62. The molecule has 0 radical (unpaired) electrons. The van der Waals surface area contributed by atoms with Crippen LogP contribution >= 0.6 is 11.6 Å². The molecule has 0 atom stereocenters. The Morgan fingerprint density at radius 1 is 1.14 bits per heavy atom. The van der Waals surface area contributed by atoms with Crippen molar-refractivity contribution in [1.82, 2.24) is 14.6 Å². The van der Waals surface area contributed by atoms with E-state index in [4.69, 9.17) is 11.6 Å². The molecule has 1 aliphatic heterocycles. The molecule has 3 rings (SSSR count). The Morgan fingerprint density at radius 3 is 2.55 bits per heavy atom. The Labute approximate surface area is 174 Å². The van der Waals surface area contributed by atoms with E-state index in [1.165, 1.54) is 16.4 Å². The zero-order valence-electron chi connectivity index (χ0n) is 15.7. The summed E-state index contributed by atoms with van der Waals surface area (Å²) < 4.78 is 40.3. The Kier molecular flexibility index (Phi) is 7.05. The molecule has 156 valence electrons. The number of hydrogen-bond acceptors (Lipinski definition) is 5. The van der Waals surface area contributed by atoms with E-state index in [9.17, 15) is 17.6 Å². The van der Waals surface area contributed by atoms with Crippen molar-refractivity contribution in [3.05, 3.63) is 59.0 Å². The standard InChI is InChI=1S/C19H22ClFN4O3S/c20-15-5-3-6-16(21)18(15)19(26)23-9-4-14-29(27,28)25-12-10-24(11-13-25)17-7-1-2-8-22-17/h1-3,5-8H,4,9-14H2,(H,23,26). The lowest BCUT2D eigenvalue weighted by Crippen LogP contribution is -2.49. The number of anilines is 1. The van der Waals surface area contributed by atoms with E-state index in [0.717, 1.165) is 11.9 Å². The van der Waals surface area contributed by atoms with Crippen LogP contribution in [0.5, 0.6) is 0 Å². The van der Waals surface area contributed by atoms with E-state index >= 15 is 0 Å². The van der Waals surface area contributed by atoms with Gasteiger partial charge in [-0.1, -0.05) is 23.7 Å². The van der Waals surface area contributed by atoms with Crippen molar-refractivity contribution in [2.75, 3.05) is 43.4 Å². The van der Waals surface area contributed by atoms with Crippen molar-refractivity contribution in [2.24, 2.45) is 0 Å². The lowest BCUT2D eigenvalue weighted by molar-refractivity contribution is 0.0949. The highest BCUT2D eigenvalue weighted by Gasteiger charge is 2.27. The quantitative estimate of drug-likeness (QED) is 0.667. The average molecular weight is 441 g/mol. The minimum atomic E-state index is -3.43. The van der Waals surface area contributed by atoms with Gasteiger partial charge in [0.15, 0.2) is 0 Å². The summed E-state index contributed by atoms with van der Waals surface area (Å²) in [5.41, 5.74) is -0.234. The van der Waals surface area contributed by atoms with Gasteiger partial charge in [0.05, 0.1) is 16.3 Å². The minimum Gasteiger partial charge on any atom is -0.354 e. The fourth-order valence-electron chi connectivity index (χ4n) is 3.12. The summed E-state index contributed by atoms with van der Waals surface area (Å²) in [4.78, 5) is 18.4. The molecule has 1 aliphatic rings. The molecule has 1 amide bonds. The smallest absolute Gasteiger partial charge is 0.255 e. The summed E-state index contributed by atoms with van der Waals surface area (Å²) >= 11 is 5.86. The van der Waals surface area contributed by atoms with Crippen LogP contribution in [0.15, 0.2) is 42.6 Å². The van der Waals surface area contributed by atoms with E-state index in [1.54, 1.807) is 6.20 Å². The van der Waals surface area contributed by atoms with Crippen LogP contribution in [0.3, 0.4) is 0 Å². The molecule has 0 saturated carbocycles. The van der Waals surface area contributed by atoms with Crippen LogP contribution in [0.25, 0.3) is 0 Å². The Morgan fingerprint density at radius 2 is 1.90 bits per heavy atom. The summed E-state index contributed by atoms with van der Waals surface area (Å²) in [5.74, 6) is -0.635. The van der Waals surface area contributed by atoms with Gasteiger partial charge in [0.2, 0.25) is 10.0 Å². The Balaban J connectivity index is 1.45. The second-order valence-electron chi connectivity index (χ2n) is 6.60. The number of amides is 1. The van der Waals surface area contributed by atoms with Crippen LogP contribution in [0.2, 0.25) is 5.02 Å². The van der Waals surface area contributed by atoms with Crippen molar-refractivity contribution in [3.8, 4) is 0 Å². The average Bonchev–Trinajstić information content (AvgIpc) is 2.72. The molecule has 0 bridgehead atoms. The van der Waals surface area contributed by atoms with Gasteiger partial charge in [-0.25, -0.2) is 17.8 Å². The largest absolute Gasteiger partial charge is 0.354 e. The summed E-state index contributed by atoms with van der Waals surface area (Å²) in [7, 11) is -3.43. The van der Waals surface area contributed by atoms with Crippen LogP contribution in [0, 0.1) is 5.82 Å². The second kappa shape index (κ2) is 9.51. The molecule has 0 unspecified atom stereocenters. The van der Waals surface area contributed by atoms with E-state index < -0.39 is 21.7 Å². The van der Waals surface area contributed by atoms with Crippen LogP contribution < -0.4 is 10.2 Å². The molecule has 1 N–H and O–H groups in total. The third kappa shape index (κ3) is 5.43. The van der Waals surface area contributed by atoms with Gasteiger partial charge in [-0.05, 0) is 30.7 Å². The van der Waals surface area contributed by atoms with Gasteiger partial charge in [-0.2, -0.15) is 4.31 Å². The van der Waals surface area contributed by atoms with Crippen molar-refractivity contribution in [3.63, 3.8) is 0 Å². The SMILES string of the molecule is O=C(NCCCS(=O)(=O)N1CCN(c2ccccn2)CC1)c1c(F)cccc1Cl. The lowest BCUT2D eigenvalue weighted by Gasteiger charge is -2.34. The maximum atomic E-state index is 13.7. The normalized spacial score (nSPS) is 15.3. The molecule has 1 aromatic carbocycles. The summed E-state index contributed by atoms with van der Waals surface area (Å²) in [5, 5.41) is 2.54. The van der Waals surface area contributed by atoms with Crippen LogP contribution in [0.1, 0.15) is 16.8 Å². The van der Waals surface area contributed by atoms with Gasteiger partial charge in [0.25, 0.3) is 5.91 Å². The van der Waals surface area contributed by atoms with Gasteiger partial charge in [0.1, 0.15) is 11.6 Å². The number of benzene rings is 1. The monoisotopic (exact) mass is 440 g/mol. The molecule has 1 fully saturated rings. The van der Waals surface area contributed by atoms with E-state index in [0.29, 0.717) is 26.2 Å². The zero-order chi connectivity index (χ0) is 20.9. The number of pyridine rings is 1. The lowest BCUT2D eigenvalue weighted by atomic mass is 10.2. The molecular formula is C19H22ClFN4O3S. The van der Waals surface area contributed by atoms with Crippen molar-refractivity contribution in [2.45, 2.75) is 6.42 Å². The number of aromatic nitrogens is 1. The molecule has 2 aromatic rings. The van der Waals surface area contributed by atoms with E-state index in [-0.39, 0.29) is 29.3 Å². The Bertz CT molecular complexity index is 931. The number of piperazine rings is 1. The topological polar surface area (TPSA) is 82.6 Å². The first-order valence-corrected chi connectivity index (χ1v) is 11.2. The number of nitrogens with one attached hydrogen (secondary N) is 1. The molecular weight excluding hydrogens is 419 g/mol. The van der Waals surface area contributed by atoms with Gasteiger partial charge < -0.3 is 10.2 Å². The van der Waals surface area contributed by atoms with E-state index in [2.05, 4.69) is 10.3 Å². The fraction of sp³-hybridized carbons (Fsp3) is 0.368. The van der Waals surface area contributed by atoms with Gasteiger partial charge >= 0.3 is 0 Å². The van der Waals surface area contributed by atoms with Crippen LogP contribution in [-0.4, -0.2) is 62.1 Å². The van der Waals surface area contributed by atoms with E-state index in [1.807, 2.05) is 23.1 Å². The molecule has 10 heteroatoms. The van der Waals surface area contributed by atoms with Crippen molar-refractivity contribution in [1.29, 1.82) is 0 Å². The minimum absolute atomic E-state index is 0.0147. The number of sulfonamides is 1. The third-order valence-corrected chi connectivity index (χ3v) is 6.93.